The Balaban J connectivity index is 0.00000264. The van der Waals surface area contributed by atoms with Crippen LogP contribution >= 0.6 is 12.4 Å². The SMILES string of the molecule is CN(C)C(=O)COc1ccccc1CNCC1CNCC1O.Cl. The first-order valence-corrected chi connectivity index (χ1v) is 7.58. The number of likely N-dealkylation sites (N-methyl/N-ethyl adjacent to an activating group) is 1. The molecule has 3 N–H and O–H groups in total. The molecular formula is C16H26ClN3O3. The number of aliphatic hydroxyl groups is 1. The fraction of sp³-hybridized carbons (Fsp3) is 0.562. The van der Waals surface area contributed by atoms with Gasteiger partial charge in [-0.3, -0.25) is 4.79 Å². The molecule has 2 rings (SSSR count). The minimum atomic E-state index is -0.281. The summed E-state index contributed by atoms with van der Waals surface area (Å²) in [6.07, 6.45) is -0.281. The third-order valence-corrected chi connectivity index (χ3v) is 3.85. The summed E-state index contributed by atoms with van der Waals surface area (Å²) < 4.78 is 5.61. The molecule has 1 aliphatic heterocycles. The molecule has 0 bridgehead atoms. The number of hydrogen-bond acceptors (Lipinski definition) is 5. The minimum absolute atomic E-state index is 0. The highest BCUT2D eigenvalue weighted by Gasteiger charge is 2.24. The Morgan fingerprint density at radius 3 is 2.78 bits per heavy atom. The van der Waals surface area contributed by atoms with Gasteiger partial charge >= 0.3 is 0 Å². The van der Waals surface area contributed by atoms with E-state index in [2.05, 4.69) is 10.6 Å². The number of ether oxygens (including phenoxy) is 1. The Morgan fingerprint density at radius 2 is 2.13 bits per heavy atom. The molecule has 2 unspecified atom stereocenters. The van der Waals surface area contributed by atoms with E-state index in [4.69, 9.17) is 4.74 Å². The van der Waals surface area contributed by atoms with Crippen LogP contribution in [0.5, 0.6) is 5.75 Å². The van der Waals surface area contributed by atoms with Gasteiger partial charge in [-0.15, -0.1) is 12.4 Å². The van der Waals surface area contributed by atoms with Crippen molar-refractivity contribution in [2.45, 2.75) is 12.6 Å². The molecule has 6 nitrogen and oxygen atoms in total. The molecule has 130 valence electrons. The summed E-state index contributed by atoms with van der Waals surface area (Å²) in [7, 11) is 3.42. The average molecular weight is 344 g/mol. The van der Waals surface area contributed by atoms with Crippen molar-refractivity contribution < 1.29 is 14.6 Å². The molecular weight excluding hydrogens is 318 g/mol. The number of carbonyl (C=O) groups is 1. The Labute approximate surface area is 143 Å². The van der Waals surface area contributed by atoms with E-state index >= 15 is 0 Å². The summed E-state index contributed by atoms with van der Waals surface area (Å²) in [5, 5.41) is 16.3. The zero-order chi connectivity index (χ0) is 15.9. The summed E-state index contributed by atoms with van der Waals surface area (Å²) in [6, 6.07) is 7.69. The van der Waals surface area contributed by atoms with Crippen molar-refractivity contribution in [2.75, 3.05) is 40.3 Å². The Bertz CT molecular complexity index is 499. The van der Waals surface area contributed by atoms with Gasteiger partial charge in [0.05, 0.1) is 6.10 Å². The van der Waals surface area contributed by atoms with Crippen LogP contribution in [-0.2, 0) is 11.3 Å². The van der Waals surface area contributed by atoms with E-state index < -0.39 is 0 Å². The number of rotatable bonds is 7. The lowest BCUT2D eigenvalue weighted by atomic mass is 10.1. The largest absolute Gasteiger partial charge is 0.483 e. The number of carbonyl (C=O) groups excluding carboxylic acids is 1. The van der Waals surface area contributed by atoms with Gasteiger partial charge in [0.25, 0.3) is 5.91 Å². The molecule has 0 saturated carbocycles. The third kappa shape index (κ3) is 5.99. The van der Waals surface area contributed by atoms with Gasteiger partial charge in [0.15, 0.2) is 6.61 Å². The van der Waals surface area contributed by atoms with Gasteiger partial charge in [0.1, 0.15) is 5.75 Å². The lowest BCUT2D eigenvalue weighted by Crippen LogP contribution is -2.30. The fourth-order valence-electron chi connectivity index (χ4n) is 2.38. The van der Waals surface area contributed by atoms with Gasteiger partial charge in [0, 0.05) is 51.8 Å². The first-order chi connectivity index (χ1) is 10.6. The second-order valence-electron chi connectivity index (χ2n) is 5.80. The van der Waals surface area contributed by atoms with E-state index in [1.807, 2.05) is 24.3 Å². The third-order valence-electron chi connectivity index (χ3n) is 3.85. The lowest BCUT2D eigenvalue weighted by Gasteiger charge is -2.16. The molecule has 1 fully saturated rings. The molecule has 1 aromatic rings. The van der Waals surface area contributed by atoms with Crippen molar-refractivity contribution in [3.05, 3.63) is 29.8 Å². The van der Waals surface area contributed by atoms with Crippen LogP contribution in [0.15, 0.2) is 24.3 Å². The Morgan fingerprint density at radius 1 is 1.39 bits per heavy atom. The number of aliphatic hydroxyl groups excluding tert-OH is 1. The number of amides is 1. The Kier molecular flexibility index (Phi) is 8.33. The van der Waals surface area contributed by atoms with Crippen LogP contribution in [0.4, 0.5) is 0 Å². The second-order valence-corrected chi connectivity index (χ2v) is 5.80. The van der Waals surface area contributed by atoms with Gasteiger partial charge < -0.3 is 25.4 Å². The standard InChI is InChI=1S/C16H25N3O3.ClH/c1-19(2)16(21)11-22-15-6-4-3-5-12(15)7-17-8-13-9-18-10-14(13)20;/h3-6,13-14,17-18,20H,7-11H2,1-2H3;1H. The summed E-state index contributed by atoms with van der Waals surface area (Å²) in [5.41, 5.74) is 1.01. The van der Waals surface area contributed by atoms with Crippen molar-refractivity contribution in [3.8, 4) is 5.75 Å². The van der Waals surface area contributed by atoms with Crippen LogP contribution < -0.4 is 15.4 Å². The summed E-state index contributed by atoms with van der Waals surface area (Å²) >= 11 is 0. The average Bonchev–Trinajstić information content (AvgIpc) is 2.91. The molecule has 1 heterocycles. The zero-order valence-corrected chi connectivity index (χ0v) is 14.4. The number of nitrogens with one attached hydrogen (secondary N) is 2. The topological polar surface area (TPSA) is 73.8 Å². The number of halogens is 1. The minimum Gasteiger partial charge on any atom is -0.483 e. The van der Waals surface area contributed by atoms with E-state index in [1.54, 1.807) is 14.1 Å². The molecule has 23 heavy (non-hydrogen) atoms. The predicted octanol–water partition coefficient (Wildman–Crippen LogP) is 0.245. The lowest BCUT2D eigenvalue weighted by molar-refractivity contribution is -0.130. The molecule has 7 heteroatoms. The number of nitrogens with zero attached hydrogens (tertiary/aromatic N) is 1. The zero-order valence-electron chi connectivity index (χ0n) is 13.6. The highest BCUT2D eigenvalue weighted by Crippen LogP contribution is 2.18. The monoisotopic (exact) mass is 343 g/mol. The number of hydrogen-bond donors (Lipinski definition) is 3. The summed E-state index contributed by atoms with van der Waals surface area (Å²) in [6.45, 7) is 2.94. The summed E-state index contributed by atoms with van der Waals surface area (Å²) in [4.78, 5) is 13.1. The maximum atomic E-state index is 11.6. The van der Waals surface area contributed by atoms with E-state index in [0.29, 0.717) is 13.1 Å². The molecule has 2 atom stereocenters. The first kappa shape index (κ1) is 19.7. The molecule has 1 aromatic carbocycles. The first-order valence-electron chi connectivity index (χ1n) is 7.58. The van der Waals surface area contributed by atoms with E-state index in [0.717, 1.165) is 24.4 Å². The normalized spacial score (nSPS) is 20.0. The van der Waals surface area contributed by atoms with Gasteiger partial charge in [-0.1, -0.05) is 18.2 Å². The van der Waals surface area contributed by atoms with Gasteiger partial charge in [-0.2, -0.15) is 0 Å². The van der Waals surface area contributed by atoms with Crippen LogP contribution in [0.25, 0.3) is 0 Å². The number of para-hydroxylation sites is 1. The van der Waals surface area contributed by atoms with Gasteiger partial charge in [-0.25, -0.2) is 0 Å². The van der Waals surface area contributed by atoms with Crippen LogP contribution in [-0.4, -0.2) is 62.4 Å². The van der Waals surface area contributed by atoms with E-state index in [-0.39, 0.29) is 36.9 Å². The van der Waals surface area contributed by atoms with Crippen LogP contribution in [0.1, 0.15) is 5.56 Å². The van der Waals surface area contributed by atoms with Crippen molar-refractivity contribution in [2.24, 2.45) is 5.92 Å². The maximum Gasteiger partial charge on any atom is 0.259 e. The van der Waals surface area contributed by atoms with Crippen LogP contribution in [0.3, 0.4) is 0 Å². The number of β-amino-alcohol motifs (C(OH)–C–C–N with tert-alkyl or cyclic N) is 1. The molecule has 0 aliphatic carbocycles. The van der Waals surface area contributed by atoms with Crippen molar-refractivity contribution in [1.29, 1.82) is 0 Å². The maximum absolute atomic E-state index is 11.6. The van der Waals surface area contributed by atoms with Crippen molar-refractivity contribution in [3.63, 3.8) is 0 Å². The molecule has 0 radical (unpaired) electrons. The van der Waals surface area contributed by atoms with Crippen molar-refractivity contribution in [1.82, 2.24) is 15.5 Å². The van der Waals surface area contributed by atoms with Crippen molar-refractivity contribution >= 4 is 18.3 Å². The molecule has 1 amide bonds. The molecule has 1 aliphatic rings. The fourth-order valence-corrected chi connectivity index (χ4v) is 2.38. The summed E-state index contributed by atoms with van der Waals surface area (Å²) in [5.74, 6) is 0.890. The predicted molar refractivity (Wildman–Crippen MR) is 92.0 cm³/mol. The van der Waals surface area contributed by atoms with Crippen LogP contribution in [0, 0.1) is 5.92 Å². The van der Waals surface area contributed by atoms with Gasteiger partial charge in [-0.05, 0) is 6.07 Å². The van der Waals surface area contributed by atoms with Gasteiger partial charge in [0.2, 0.25) is 0 Å². The molecule has 0 aromatic heterocycles. The smallest absolute Gasteiger partial charge is 0.259 e. The highest BCUT2D eigenvalue weighted by atomic mass is 35.5. The van der Waals surface area contributed by atoms with E-state index in [1.165, 1.54) is 4.90 Å². The Hall–Kier alpha value is -1.34. The second kappa shape index (κ2) is 9.72. The highest BCUT2D eigenvalue weighted by molar-refractivity contribution is 5.85. The number of benzene rings is 1. The molecule has 0 spiro atoms. The quantitative estimate of drug-likeness (QED) is 0.661. The van der Waals surface area contributed by atoms with Crippen LogP contribution in [0.2, 0.25) is 0 Å². The van der Waals surface area contributed by atoms with E-state index in [9.17, 15) is 9.90 Å². The molecule has 1 saturated heterocycles.